The molecule has 0 saturated heterocycles. The molecule has 82 valence electrons. The number of H-pyrrole nitrogens is 1. The van der Waals surface area contributed by atoms with Crippen LogP contribution in [0.2, 0.25) is 0 Å². The molecule has 0 unspecified atom stereocenters. The van der Waals surface area contributed by atoms with Crippen LogP contribution >= 0.6 is 0 Å². The molecule has 1 heterocycles. The average molecular weight is 207 g/mol. The van der Waals surface area contributed by atoms with E-state index < -0.39 is 0 Å². The second-order valence-corrected chi connectivity index (χ2v) is 4.19. The van der Waals surface area contributed by atoms with Gasteiger partial charge in [-0.2, -0.15) is 5.10 Å². The monoisotopic (exact) mass is 207 g/mol. The third-order valence-corrected chi connectivity index (χ3v) is 2.98. The van der Waals surface area contributed by atoms with Gasteiger partial charge in [0.05, 0.1) is 0 Å². The summed E-state index contributed by atoms with van der Waals surface area (Å²) in [5.74, 6) is 1.53. The van der Waals surface area contributed by atoms with E-state index in [2.05, 4.69) is 15.5 Å². The zero-order valence-corrected chi connectivity index (χ0v) is 8.83. The Morgan fingerprint density at radius 1 is 1.33 bits per heavy atom. The Morgan fingerprint density at radius 3 is 2.80 bits per heavy atom. The van der Waals surface area contributed by atoms with Crippen LogP contribution in [0.25, 0.3) is 0 Å². The van der Waals surface area contributed by atoms with Gasteiger partial charge < -0.3 is 5.32 Å². The first-order chi connectivity index (χ1) is 7.34. The molecule has 0 atom stereocenters. The fourth-order valence-corrected chi connectivity index (χ4v) is 2.08. The van der Waals surface area contributed by atoms with Gasteiger partial charge in [0.2, 0.25) is 0 Å². The lowest BCUT2D eigenvalue weighted by atomic mass is 9.89. The Morgan fingerprint density at radius 2 is 2.13 bits per heavy atom. The maximum Gasteiger partial charge on any atom is 0.264 e. The van der Waals surface area contributed by atoms with E-state index in [-0.39, 0.29) is 5.56 Å². The van der Waals surface area contributed by atoms with Gasteiger partial charge in [0.25, 0.3) is 5.56 Å². The molecule has 2 N–H and O–H groups in total. The first kappa shape index (κ1) is 10.2. The Kier molecular flexibility index (Phi) is 3.37. The van der Waals surface area contributed by atoms with Crippen molar-refractivity contribution in [1.29, 1.82) is 0 Å². The summed E-state index contributed by atoms with van der Waals surface area (Å²) in [5.41, 5.74) is -0.154. The molecule has 0 aliphatic heterocycles. The molecule has 0 amide bonds. The van der Waals surface area contributed by atoms with Crippen LogP contribution in [0.5, 0.6) is 0 Å². The van der Waals surface area contributed by atoms with Crippen LogP contribution in [0.4, 0.5) is 5.82 Å². The molecular formula is C11H17N3O. The van der Waals surface area contributed by atoms with E-state index in [1.807, 2.05) is 0 Å². The predicted molar refractivity (Wildman–Crippen MR) is 59.9 cm³/mol. The lowest BCUT2D eigenvalue weighted by molar-refractivity contribution is 0.373. The van der Waals surface area contributed by atoms with E-state index in [9.17, 15) is 4.79 Å². The molecule has 0 aromatic carbocycles. The van der Waals surface area contributed by atoms with Gasteiger partial charge in [-0.1, -0.05) is 19.3 Å². The van der Waals surface area contributed by atoms with Crippen LogP contribution < -0.4 is 10.9 Å². The molecule has 15 heavy (non-hydrogen) atoms. The van der Waals surface area contributed by atoms with E-state index in [0.29, 0.717) is 0 Å². The molecule has 4 nitrogen and oxygen atoms in total. The summed E-state index contributed by atoms with van der Waals surface area (Å²) in [6.07, 6.45) is 6.72. The number of nitrogens with one attached hydrogen (secondary N) is 2. The van der Waals surface area contributed by atoms with Crippen molar-refractivity contribution in [1.82, 2.24) is 10.2 Å². The number of anilines is 1. The molecular weight excluding hydrogens is 190 g/mol. The molecule has 1 aliphatic carbocycles. The third kappa shape index (κ3) is 3.08. The van der Waals surface area contributed by atoms with Crippen LogP contribution in [0.3, 0.4) is 0 Å². The summed E-state index contributed by atoms with van der Waals surface area (Å²) >= 11 is 0. The van der Waals surface area contributed by atoms with Gasteiger partial charge in [0, 0.05) is 12.6 Å². The van der Waals surface area contributed by atoms with Gasteiger partial charge in [-0.3, -0.25) is 4.79 Å². The molecule has 0 radical (unpaired) electrons. The summed E-state index contributed by atoms with van der Waals surface area (Å²) in [6.45, 7) is 0.971. The number of rotatable bonds is 3. The standard InChI is InChI=1S/C11H17N3O/c15-11-7-6-10(13-14-11)12-8-9-4-2-1-3-5-9/h6-7,9H,1-5,8H2,(H,12,13)(H,14,15). The van der Waals surface area contributed by atoms with Gasteiger partial charge in [-0.25, -0.2) is 5.10 Å². The van der Waals surface area contributed by atoms with Crippen molar-refractivity contribution in [3.8, 4) is 0 Å². The Labute approximate surface area is 89.1 Å². The van der Waals surface area contributed by atoms with E-state index in [4.69, 9.17) is 0 Å². The average Bonchev–Trinajstić information content (AvgIpc) is 2.30. The van der Waals surface area contributed by atoms with Crippen LogP contribution in [0.1, 0.15) is 32.1 Å². The summed E-state index contributed by atoms with van der Waals surface area (Å²) < 4.78 is 0. The molecule has 1 saturated carbocycles. The number of hydrogen-bond donors (Lipinski definition) is 2. The van der Waals surface area contributed by atoms with E-state index in [0.717, 1.165) is 18.3 Å². The molecule has 0 bridgehead atoms. The summed E-state index contributed by atoms with van der Waals surface area (Å²) in [5, 5.41) is 9.59. The molecule has 1 aliphatic rings. The highest BCUT2D eigenvalue weighted by molar-refractivity contribution is 5.31. The van der Waals surface area contributed by atoms with E-state index in [1.165, 1.54) is 38.2 Å². The smallest absolute Gasteiger partial charge is 0.264 e. The minimum Gasteiger partial charge on any atom is -0.368 e. The minimum atomic E-state index is -0.154. The zero-order valence-electron chi connectivity index (χ0n) is 8.83. The fraction of sp³-hybridized carbons (Fsp3) is 0.636. The predicted octanol–water partition coefficient (Wildman–Crippen LogP) is 1.76. The van der Waals surface area contributed by atoms with Crippen molar-refractivity contribution in [2.75, 3.05) is 11.9 Å². The molecule has 1 aromatic rings. The highest BCUT2D eigenvalue weighted by atomic mass is 16.1. The van der Waals surface area contributed by atoms with Gasteiger partial charge in [0.1, 0.15) is 5.82 Å². The normalized spacial score (nSPS) is 17.6. The van der Waals surface area contributed by atoms with Crippen molar-refractivity contribution < 1.29 is 0 Å². The van der Waals surface area contributed by atoms with Crippen LogP contribution in [-0.4, -0.2) is 16.7 Å². The quantitative estimate of drug-likeness (QED) is 0.794. The number of aromatic amines is 1. The molecule has 0 spiro atoms. The van der Waals surface area contributed by atoms with Crippen LogP contribution in [0.15, 0.2) is 16.9 Å². The van der Waals surface area contributed by atoms with Crippen molar-refractivity contribution >= 4 is 5.82 Å². The number of aromatic nitrogens is 2. The van der Waals surface area contributed by atoms with Gasteiger partial charge >= 0.3 is 0 Å². The largest absolute Gasteiger partial charge is 0.368 e. The minimum absolute atomic E-state index is 0.154. The van der Waals surface area contributed by atoms with E-state index >= 15 is 0 Å². The molecule has 4 heteroatoms. The van der Waals surface area contributed by atoms with Crippen LogP contribution in [-0.2, 0) is 0 Å². The molecule has 2 rings (SSSR count). The van der Waals surface area contributed by atoms with E-state index in [1.54, 1.807) is 6.07 Å². The number of nitrogens with zero attached hydrogens (tertiary/aromatic N) is 1. The van der Waals surface area contributed by atoms with Crippen molar-refractivity contribution in [3.05, 3.63) is 22.5 Å². The lowest BCUT2D eigenvalue weighted by Gasteiger charge is -2.21. The van der Waals surface area contributed by atoms with Crippen molar-refractivity contribution in [3.63, 3.8) is 0 Å². The highest BCUT2D eigenvalue weighted by Gasteiger charge is 2.12. The lowest BCUT2D eigenvalue weighted by Crippen LogP contribution is -2.18. The maximum atomic E-state index is 10.8. The zero-order chi connectivity index (χ0) is 10.5. The van der Waals surface area contributed by atoms with Gasteiger partial charge in [0.15, 0.2) is 0 Å². The first-order valence-electron chi connectivity index (χ1n) is 5.64. The van der Waals surface area contributed by atoms with Gasteiger partial charge in [-0.05, 0) is 24.8 Å². The van der Waals surface area contributed by atoms with Gasteiger partial charge in [-0.15, -0.1) is 0 Å². The Hall–Kier alpha value is -1.32. The first-order valence-corrected chi connectivity index (χ1v) is 5.64. The van der Waals surface area contributed by atoms with Crippen molar-refractivity contribution in [2.45, 2.75) is 32.1 Å². The SMILES string of the molecule is O=c1ccc(NCC2CCCCC2)n[nH]1. The molecule has 1 aromatic heterocycles. The second kappa shape index (κ2) is 4.96. The third-order valence-electron chi connectivity index (χ3n) is 2.98. The Balaban J connectivity index is 1.81. The second-order valence-electron chi connectivity index (χ2n) is 4.19. The summed E-state index contributed by atoms with van der Waals surface area (Å²) in [4.78, 5) is 10.8. The van der Waals surface area contributed by atoms with Crippen molar-refractivity contribution in [2.24, 2.45) is 5.92 Å². The van der Waals surface area contributed by atoms with Crippen LogP contribution in [0, 0.1) is 5.92 Å². The molecule has 1 fully saturated rings. The maximum absolute atomic E-state index is 10.8. The fourth-order valence-electron chi connectivity index (χ4n) is 2.08. The number of hydrogen-bond acceptors (Lipinski definition) is 3. The highest BCUT2D eigenvalue weighted by Crippen LogP contribution is 2.23. The summed E-state index contributed by atoms with van der Waals surface area (Å²) in [7, 11) is 0. The Bertz CT molecular complexity index is 335. The topological polar surface area (TPSA) is 57.8 Å². The summed E-state index contributed by atoms with van der Waals surface area (Å²) in [6, 6.07) is 3.22.